The Kier molecular flexibility index (Phi) is 24.2. The standard InChI is InChI=1S/C68H80N10O16/c1-39(2)58(63(85)72-51(27-18-32-70-65(87)94-68(6,7)8)59(81)73-52(33-40-19-10-9-11-20-40)60(82)75-55(35-56(69)79)64(86)92-43-30-28-42(29-31-43)78(89)90)77-62(84)53(34-41-37-71-50-26-17-16-21-44(41)50)74-61(83)54(36-57(80)93-67(3,4)5)76-66(88)91-38-49-47-24-14-12-22-45(47)46-23-13-15-25-48(46)49/h9-17,19-26,28-31,37,39,49,51-55,58,71H,18,27,32-36,38H2,1-8H3,(H2,69,79)(H,70,87)(H,72,85)(H,73,81)(H,74,83)(H,75,82)(H,76,88)(H,77,84)/t51-,52+,53-,54-,55+,58-/m0/s1. The van der Waals surface area contributed by atoms with Crippen molar-refractivity contribution in [3.8, 4) is 16.9 Å². The number of aromatic amines is 1. The number of nitrogens with two attached hydrogens (primary N) is 1. The number of carbonyl (C=O) groups is 10. The lowest BCUT2D eigenvalue weighted by Gasteiger charge is -2.29. The Hall–Kier alpha value is -10.7. The van der Waals surface area contributed by atoms with Gasteiger partial charge in [0.2, 0.25) is 35.4 Å². The van der Waals surface area contributed by atoms with Gasteiger partial charge in [0.05, 0.1) is 17.8 Å². The summed E-state index contributed by atoms with van der Waals surface area (Å²) in [5, 5.41) is 30.4. The average Bonchev–Trinajstić information content (AvgIpc) is 1.62. The van der Waals surface area contributed by atoms with Gasteiger partial charge in [0.25, 0.3) is 5.69 Å². The number of nitro benzene ring substituents is 1. The van der Waals surface area contributed by atoms with E-state index in [0.29, 0.717) is 22.0 Å². The molecule has 6 aromatic rings. The lowest BCUT2D eigenvalue weighted by Crippen LogP contribution is -2.61. The molecular formula is C68H80N10O16. The van der Waals surface area contributed by atoms with Crippen LogP contribution in [0.2, 0.25) is 0 Å². The van der Waals surface area contributed by atoms with E-state index >= 15 is 4.79 Å². The van der Waals surface area contributed by atoms with Crippen molar-refractivity contribution in [3.63, 3.8) is 0 Å². The maximum absolute atomic E-state index is 15.0. The molecule has 7 rings (SSSR count). The lowest BCUT2D eigenvalue weighted by molar-refractivity contribution is -0.384. The van der Waals surface area contributed by atoms with Crippen molar-refractivity contribution in [2.75, 3.05) is 13.2 Å². The van der Waals surface area contributed by atoms with Crippen LogP contribution in [0.5, 0.6) is 5.75 Å². The van der Waals surface area contributed by atoms with Crippen LogP contribution in [0.4, 0.5) is 15.3 Å². The second-order valence-electron chi connectivity index (χ2n) is 25.0. The normalized spacial score (nSPS) is 13.8. The molecule has 10 N–H and O–H groups in total. The summed E-state index contributed by atoms with van der Waals surface area (Å²) in [5.74, 6) is -9.05. The number of aromatic nitrogens is 1. The fourth-order valence-electron chi connectivity index (χ4n) is 10.5. The number of ether oxygens (including phenoxy) is 4. The zero-order valence-corrected chi connectivity index (χ0v) is 53.5. The van der Waals surface area contributed by atoms with Crippen molar-refractivity contribution in [2.45, 2.75) is 147 Å². The minimum atomic E-state index is -1.74. The molecule has 498 valence electrons. The number of rotatable bonds is 29. The fraction of sp³-hybridized carbons (Fsp3) is 0.382. The summed E-state index contributed by atoms with van der Waals surface area (Å²) in [5.41, 5.74) is 8.93. The number of hydrogen-bond acceptors (Lipinski definition) is 16. The summed E-state index contributed by atoms with van der Waals surface area (Å²) in [6.07, 6.45) is -2.22. The SMILES string of the molecule is CC(C)[C@H](NC(=O)[C@H](Cc1c[nH]c2ccccc12)NC(=O)[C@H](CC(=O)OC(C)(C)C)NC(=O)OCC1c2ccccc2-c2ccccc21)C(=O)N[C@@H](CCCNC(=O)OC(C)(C)C)C(=O)N[C@H](Cc1ccccc1)C(=O)N[C@H](CC(N)=O)C(=O)Oc1ccc([N+](=O)[O-])cc1. The second kappa shape index (κ2) is 32.1. The number of fused-ring (bicyclic) bond motifs is 4. The fourth-order valence-corrected chi connectivity index (χ4v) is 10.5. The van der Waals surface area contributed by atoms with Gasteiger partial charge in [-0.25, -0.2) is 14.4 Å². The van der Waals surface area contributed by atoms with Crippen LogP contribution < -0.4 is 47.7 Å². The van der Waals surface area contributed by atoms with Gasteiger partial charge in [-0.05, 0) is 112 Å². The Labute approximate surface area is 543 Å². The van der Waals surface area contributed by atoms with E-state index in [0.717, 1.165) is 46.5 Å². The Balaban J connectivity index is 1.14. The third kappa shape index (κ3) is 20.7. The first-order valence-corrected chi connectivity index (χ1v) is 30.7. The van der Waals surface area contributed by atoms with E-state index in [1.807, 2.05) is 48.5 Å². The quantitative estimate of drug-likeness (QED) is 0.00615. The number of hydrogen-bond donors (Lipinski definition) is 9. The second-order valence-corrected chi connectivity index (χ2v) is 25.0. The van der Waals surface area contributed by atoms with E-state index in [2.05, 4.69) is 42.2 Å². The number of H-pyrrole nitrogens is 1. The molecule has 0 bridgehead atoms. The zero-order valence-electron chi connectivity index (χ0n) is 53.5. The first kappa shape index (κ1) is 70.8. The van der Waals surface area contributed by atoms with Gasteiger partial charge in [0.1, 0.15) is 59.8 Å². The van der Waals surface area contributed by atoms with Gasteiger partial charge >= 0.3 is 24.1 Å². The number of para-hydroxylation sites is 1. The van der Waals surface area contributed by atoms with Gasteiger partial charge in [-0.3, -0.25) is 43.7 Å². The summed E-state index contributed by atoms with van der Waals surface area (Å²) in [6.45, 7) is 12.9. The van der Waals surface area contributed by atoms with E-state index < -0.39 is 131 Å². The summed E-state index contributed by atoms with van der Waals surface area (Å²) in [7, 11) is 0. The van der Waals surface area contributed by atoms with Crippen molar-refractivity contribution in [1.82, 2.24) is 42.2 Å². The molecule has 0 unspecified atom stereocenters. The number of nitro groups is 1. The van der Waals surface area contributed by atoms with Crippen LogP contribution in [-0.4, -0.2) is 130 Å². The first-order chi connectivity index (χ1) is 44.5. The third-order valence-electron chi connectivity index (χ3n) is 14.9. The molecule has 1 aliphatic carbocycles. The van der Waals surface area contributed by atoms with E-state index in [1.165, 1.54) is 0 Å². The molecule has 0 saturated carbocycles. The van der Waals surface area contributed by atoms with Gasteiger partial charge in [-0.1, -0.05) is 111 Å². The van der Waals surface area contributed by atoms with Crippen LogP contribution >= 0.6 is 0 Å². The van der Waals surface area contributed by atoms with E-state index in [-0.39, 0.29) is 56.2 Å². The molecule has 5 aromatic carbocycles. The molecule has 0 saturated heterocycles. The molecule has 6 atom stereocenters. The number of amides is 8. The molecule has 0 radical (unpaired) electrons. The number of alkyl carbamates (subject to hydrolysis) is 2. The van der Waals surface area contributed by atoms with Crippen molar-refractivity contribution >= 4 is 76.2 Å². The van der Waals surface area contributed by atoms with Crippen molar-refractivity contribution < 1.29 is 71.8 Å². The molecular weight excluding hydrogens is 1210 g/mol. The molecule has 0 aliphatic heterocycles. The van der Waals surface area contributed by atoms with Gasteiger partial charge < -0.3 is 66.9 Å². The third-order valence-corrected chi connectivity index (χ3v) is 14.9. The highest BCUT2D eigenvalue weighted by molar-refractivity contribution is 5.98. The Morgan fingerprint density at radius 2 is 1.13 bits per heavy atom. The van der Waals surface area contributed by atoms with Crippen LogP contribution in [0.25, 0.3) is 22.0 Å². The number of benzene rings is 5. The summed E-state index contributed by atoms with van der Waals surface area (Å²) >= 11 is 0. The Bertz CT molecular complexity index is 3680. The van der Waals surface area contributed by atoms with E-state index in [9.17, 15) is 53.3 Å². The molecule has 26 heteroatoms. The molecule has 1 aromatic heterocycles. The molecule has 1 aliphatic rings. The summed E-state index contributed by atoms with van der Waals surface area (Å²) in [4.78, 5) is 154. The van der Waals surface area contributed by atoms with Crippen molar-refractivity contribution in [1.29, 1.82) is 0 Å². The van der Waals surface area contributed by atoms with Crippen LogP contribution in [0, 0.1) is 16.0 Å². The first-order valence-electron chi connectivity index (χ1n) is 30.7. The molecule has 0 spiro atoms. The van der Waals surface area contributed by atoms with Crippen LogP contribution in [0.15, 0.2) is 134 Å². The zero-order chi connectivity index (χ0) is 68.4. The number of nitrogens with one attached hydrogen (secondary N) is 8. The highest BCUT2D eigenvalue weighted by atomic mass is 16.6. The molecule has 26 nitrogen and oxygen atoms in total. The minimum absolute atomic E-state index is 0.0221. The van der Waals surface area contributed by atoms with E-state index in [1.54, 1.807) is 116 Å². The van der Waals surface area contributed by atoms with Gasteiger partial charge in [0, 0.05) is 54.5 Å². The number of non-ortho nitro benzene ring substituents is 1. The smallest absolute Gasteiger partial charge is 0.407 e. The monoisotopic (exact) mass is 1290 g/mol. The van der Waals surface area contributed by atoms with Crippen LogP contribution in [-0.2, 0) is 65.4 Å². The topological polar surface area (TPSA) is 377 Å². The number of esters is 2. The predicted octanol–water partition coefficient (Wildman–Crippen LogP) is 6.37. The maximum Gasteiger partial charge on any atom is 0.407 e. The Morgan fingerprint density at radius 1 is 0.585 bits per heavy atom. The highest BCUT2D eigenvalue weighted by Crippen LogP contribution is 2.44. The van der Waals surface area contributed by atoms with Crippen LogP contribution in [0.1, 0.15) is 109 Å². The van der Waals surface area contributed by atoms with Crippen molar-refractivity contribution in [3.05, 3.63) is 166 Å². The maximum atomic E-state index is 15.0. The molecule has 94 heavy (non-hydrogen) atoms. The summed E-state index contributed by atoms with van der Waals surface area (Å²) in [6, 6.07) is 25.9. The van der Waals surface area contributed by atoms with Gasteiger partial charge in [0.15, 0.2) is 0 Å². The molecule has 8 amide bonds. The minimum Gasteiger partial charge on any atom is -0.460 e. The van der Waals surface area contributed by atoms with Gasteiger partial charge in [-0.2, -0.15) is 0 Å². The summed E-state index contributed by atoms with van der Waals surface area (Å²) < 4.78 is 22.1. The number of carbonyl (C=O) groups excluding carboxylic acids is 10. The van der Waals surface area contributed by atoms with E-state index in [4.69, 9.17) is 24.7 Å². The molecule has 0 fully saturated rings. The number of nitrogens with zero attached hydrogens (tertiary/aromatic N) is 1. The van der Waals surface area contributed by atoms with Crippen LogP contribution in [0.3, 0.4) is 0 Å². The Morgan fingerprint density at radius 3 is 1.73 bits per heavy atom. The average molecular weight is 1290 g/mol. The lowest BCUT2D eigenvalue weighted by atomic mass is 9.98. The largest absolute Gasteiger partial charge is 0.460 e. The molecule has 1 heterocycles. The predicted molar refractivity (Wildman–Crippen MR) is 345 cm³/mol. The van der Waals surface area contributed by atoms with Crippen molar-refractivity contribution in [2.24, 2.45) is 11.7 Å². The van der Waals surface area contributed by atoms with Gasteiger partial charge in [-0.15, -0.1) is 0 Å². The highest BCUT2D eigenvalue weighted by Gasteiger charge is 2.38. The number of primary amides is 1.